The molecule has 8 heteroatoms. The molecule has 1 N–H and O–H groups in total. The molecule has 0 spiro atoms. The normalized spacial score (nSPS) is 11.9. The van der Waals surface area contributed by atoms with E-state index in [-0.39, 0.29) is 5.91 Å². The van der Waals surface area contributed by atoms with E-state index in [0.717, 1.165) is 5.56 Å². The number of rotatable bonds is 7. The molecule has 1 atom stereocenters. The summed E-state index contributed by atoms with van der Waals surface area (Å²) in [5, 5.41) is 10.9. The number of nitrogens with zero attached hydrogens (tertiary/aromatic N) is 3. The number of thioether (sulfide) groups is 1. The van der Waals surface area contributed by atoms with Gasteiger partial charge in [0.2, 0.25) is 5.91 Å². The van der Waals surface area contributed by atoms with Gasteiger partial charge in [-0.3, -0.25) is 9.36 Å². The number of hydrogen-bond acceptors (Lipinski definition) is 4. The lowest BCUT2D eigenvalue weighted by atomic mass is 10.2. The van der Waals surface area contributed by atoms with E-state index in [1.54, 1.807) is 48.8 Å². The first kappa shape index (κ1) is 20.7. The van der Waals surface area contributed by atoms with Crippen molar-refractivity contribution < 1.29 is 13.6 Å². The minimum absolute atomic E-state index is 0.302. The molecule has 0 aliphatic carbocycles. The zero-order chi connectivity index (χ0) is 21.0. The number of aromatic nitrogens is 3. The Labute approximate surface area is 171 Å². The fraction of sp³-hybridized carbons (Fsp3) is 0.190. The summed E-state index contributed by atoms with van der Waals surface area (Å²) in [5.41, 5.74) is 1.50. The second kappa shape index (κ2) is 9.00. The maximum Gasteiger partial charge on any atom is 0.237 e. The van der Waals surface area contributed by atoms with Crippen molar-refractivity contribution >= 4 is 23.4 Å². The van der Waals surface area contributed by atoms with E-state index in [0.29, 0.717) is 28.8 Å². The largest absolute Gasteiger partial charge is 0.325 e. The van der Waals surface area contributed by atoms with Gasteiger partial charge in [-0.2, -0.15) is 0 Å². The van der Waals surface area contributed by atoms with Crippen molar-refractivity contribution in [1.29, 1.82) is 0 Å². The van der Waals surface area contributed by atoms with E-state index >= 15 is 0 Å². The highest BCUT2D eigenvalue weighted by molar-refractivity contribution is 8.00. The van der Waals surface area contributed by atoms with Crippen LogP contribution in [-0.4, -0.2) is 25.9 Å². The number of nitrogens with one attached hydrogen (secondary N) is 1. The second-order valence-corrected chi connectivity index (χ2v) is 7.70. The van der Waals surface area contributed by atoms with Crippen LogP contribution in [0.15, 0.2) is 60.3 Å². The molecule has 3 aromatic rings. The standard InChI is InChI=1S/C21H20F2N4OS/c1-4-11-27-19(16-7-5-6-8-17(16)23)25-26-21(27)29-14(3)20(28)24-18-12-15(22)10-9-13(18)2/h4-10,12,14H,1,11H2,2-3H3,(H,24,28). The first-order valence-corrected chi connectivity index (χ1v) is 9.81. The highest BCUT2D eigenvalue weighted by Gasteiger charge is 2.22. The topological polar surface area (TPSA) is 59.8 Å². The van der Waals surface area contributed by atoms with Crippen LogP contribution in [0.25, 0.3) is 11.4 Å². The van der Waals surface area contributed by atoms with Crippen LogP contribution in [0.3, 0.4) is 0 Å². The van der Waals surface area contributed by atoms with Crippen molar-refractivity contribution in [2.24, 2.45) is 0 Å². The van der Waals surface area contributed by atoms with Gasteiger partial charge < -0.3 is 5.32 Å². The number of amides is 1. The van der Waals surface area contributed by atoms with Gasteiger partial charge >= 0.3 is 0 Å². The molecule has 0 aliphatic heterocycles. The summed E-state index contributed by atoms with van der Waals surface area (Å²) in [6, 6.07) is 10.5. The summed E-state index contributed by atoms with van der Waals surface area (Å²) in [5.74, 6) is -0.774. The van der Waals surface area contributed by atoms with Crippen LogP contribution in [0.2, 0.25) is 0 Å². The predicted molar refractivity (Wildman–Crippen MR) is 111 cm³/mol. The fourth-order valence-electron chi connectivity index (χ4n) is 2.69. The zero-order valence-corrected chi connectivity index (χ0v) is 16.8. The number of carbonyl (C=O) groups excluding carboxylic acids is 1. The summed E-state index contributed by atoms with van der Waals surface area (Å²) in [4.78, 5) is 12.6. The highest BCUT2D eigenvalue weighted by Crippen LogP contribution is 2.29. The van der Waals surface area contributed by atoms with Gasteiger partial charge in [0.05, 0.1) is 10.8 Å². The quantitative estimate of drug-likeness (QED) is 0.444. The zero-order valence-electron chi connectivity index (χ0n) is 16.0. The average Bonchev–Trinajstić information content (AvgIpc) is 3.07. The molecule has 2 aromatic carbocycles. The van der Waals surface area contributed by atoms with Crippen LogP contribution in [0, 0.1) is 18.6 Å². The van der Waals surface area contributed by atoms with Crippen molar-refractivity contribution in [3.8, 4) is 11.4 Å². The van der Waals surface area contributed by atoms with Crippen LogP contribution >= 0.6 is 11.8 Å². The van der Waals surface area contributed by atoms with Gasteiger partial charge in [0, 0.05) is 12.2 Å². The molecule has 0 saturated heterocycles. The second-order valence-electron chi connectivity index (χ2n) is 6.39. The van der Waals surface area contributed by atoms with E-state index in [4.69, 9.17) is 0 Å². The summed E-state index contributed by atoms with van der Waals surface area (Å²) in [7, 11) is 0. The summed E-state index contributed by atoms with van der Waals surface area (Å²) < 4.78 is 29.4. The Bertz CT molecular complexity index is 1050. The minimum atomic E-state index is -0.543. The molecule has 0 radical (unpaired) electrons. The molecule has 29 heavy (non-hydrogen) atoms. The first-order valence-electron chi connectivity index (χ1n) is 8.93. The van der Waals surface area contributed by atoms with Crippen molar-refractivity contribution in [1.82, 2.24) is 14.8 Å². The molecule has 5 nitrogen and oxygen atoms in total. The Morgan fingerprint density at radius 2 is 2.03 bits per heavy atom. The lowest BCUT2D eigenvalue weighted by Crippen LogP contribution is -2.23. The third-order valence-electron chi connectivity index (χ3n) is 4.25. The van der Waals surface area contributed by atoms with Gasteiger partial charge in [0.15, 0.2) is 11.0 Å². The Morgan fingerprint density at radius 1 is 1.28 bits per heavy atom. The number of benzene rings is 2. The Kier molecular flexibility index (Phi) is 6.43. The lowest BCUT2D eigenvalue weighted by Gasteiger charge is -2.14. The predicted octanol–water partition coefficient (Wildman–Crippen LogP) is 4.84. The average molecular weight is 414 g/mol. The third-order valence-corrected chi connectivity index (χ3v) is 5.33. The molecule has 0 fully saturated rings. The van der Waals surface area contributed by atoms with E-state index in [1.165, 1.54) is 30.0 Å². The van der Waals surface area contributed by atoms with Crippen LogP contribution in [-0.2, 0) is 11.3 Å². The molecule has 1 amide bonds. The van der Waals surface area contributed by atoms with Crippen molar-refractivity contribution in [2.75, 3.05) is 5.32 Å². The molecule has 1 heterocycles. The van der Waals surface area contributed by atoms with Gasteiger partial charge in [-0.25, -0.2) is 8.78 Å². The summed E-state index contributed by atoms with van der Waals surface area (Å²) in [6.07, 6.45) is 1.65. The number of aryl methyl sites for hydroxylation is 1. The monoisotopic (exact) mass is 414 g/mol. The lowest BCUT2D eigenvalue weighted by molar-refractivity contribution is -0.115. The third kappa shape index (κ3) is 4.71. The van der Waals surface area contributed by atoms with Gasteiger partial charge in [-0.15, -0.1) is 16.8 Å². The number of halogens is 2. The van der Waals surface area contributed by atoms with Crippen molar-refractivity contribution in [2.45, 2.75) is 30.8 Å². The Balaban J connectivity index is 1.82. The van der Waals surface area contributed by atoms with Gasteiger partial charge in [0.1, 0.15) is 11.6 Å². The number of hydrogen-bond donors (Lipinski definition) is 1. The minimum Gasteiger partial charge on any atom is -0.325 e. The van der Waals surface area contributed by atoms with Gasteiger partial charge in [-0.1, -0.05) is 36.0 Å². The number of anilines is 1. The molecular formula is C21H20F2N4OS. The van der Waals surface area contributed by atoms with E-state index in [9.17, 15) is 13.6 Å². The fourth-order valence-corrected chi connectivity index (χ4v) is 3.54. The number of carbonyl (C=O) groups is 1. The molecule has 1 unspecified atom stereocenters. The molecule has 150 valence electrons. The number of allylic oxidation sites excluding steroid dienone is 1. The summed E-state index contributed by atoms with van der Waals surface area (Å²) in [6.45, 7) is 7.58. The van der Waals surface area contributed by atoms with Crippen LogP contribution in [0.4, 0.5) is 14.5 Å². The molecule has 3 rings (SSSR count). The Hall–Kier alpha value is -3.00. The van der Waals surface area contributed by atoms with E-state index < -0.39 is 16.9 Å². The molecule has 0 aliphatic rings. The van der Waals surface area contributed by atoms with E-state index in [2.05, 4.69) is 22.1 Å². The molecule has 0 bridgehead atoms. The van der Waals surface area contributed by atoms with Crippen LogP contribution in [0.1, 0.15) is 12.5 Å². The molecular weight excluding hydrogens is 394 g/mol. The molecule has 1 aromatic heterocycles. The van der Waals surface area contributed by atoms with Crippen molar-refractivity contribution in [3.63, 3.8) is 0 Å². The van der Waals surface area contributed by atoms with Crippen LogP contribution < -0.4 is 5.32 Å². The SMILES string of the molecule is C=CCn1c(SC(C)C(=O)Nc2cc(F)ccc2C)nnc1-c1ccccc1F. The Morgan fingerprint density at radius 3 is 2.76 bits per heavy atom. The first-order chi connectivity index (χ1) is 13.9. The smallest absolute Gasteiger partial charge is 0.237 e. The summed E-state index contributed by atoms with van der Waals surface area (Å²) >= 11 is 1.18. The van der Waals surface area contributed by atoms with Crippen molar-refractivity contribution in [3.05, 3.63) is 72.3 Å². The molecule has 0 saturated carbocycles. The van der Waals surface area contributed by atoms with Gasteiger partial charge in [0.25, 0.3) is 0 Å². The maximum absolute atomic E-state index is 14.2. The van der Waals surface area contributed by atoms with Gasteiger partial charge in [-0.05, 0) is 43.7 Å². The highest BCUT2D eigenvalue weighted by atomic mass is 32.2. The van der Waals surface area contributed by atoms with Crippen LogP contribution in [0.5, 0.6) is 0 Å². The maximum atomic E-state index is 14.2. The van der Waals surface area contributed by atoms with E-state index in [1.807, 2.05) is 0 Å².